The Hall–Kier alpha value is -1.89. The molecule has 0 heterocycles. The van der Waals surface area contributed by atoms with Crippen LogP contribution < -0.4 is 0 Å². The van der Waals surface area contributed by atoms with Gasteiger partial charge in [-0.05, 0) is 31.4 Å². The van der Waals surface area contributed by atoms with Crippen molar-refractivity contribution in [1.82, 2.24) is 0 Å². The second-order valence-corrected chi connectivity index (χ2v) is 6.71. The molecule has 0 spiro atoms. The highest BCUT2D eigenvalue weighted by Crippen LogP contribution is 2.47. The number of benzene rings is 2. The molecule has 0 saturated heterocycles. The first kappa shape index (κ1) is 15.0. The van der Waals surface area contributed by atoms with Crippen LogP contribution in [0, 0.1) is 13.8 Å². The molecule has 1 nitrogen and oxygen atoms in total. The summed E-state index contributed by atoms with van der Waals surface area (Å²) < 4.78 is 0. The maximum absolute atomic E-state index is 12.6. The Morgan fingerprint density at radius 1 is 1.05 bits per heavy atom. The molecule has 0 aromatic heterocycles. The van der Waals surface area contributed by atoms with E-state index >= 15 is 0 Å². The molecule has 0 saturated carbocycles. The Balaban J connectivity index is 2.21. The molecular weight excluding hydrogens is 268 g/mol. The van der Waals surface area contributed by atoms with Crippen molar-refractivity contribution in [1.29, 1.82) is 0 Å². The van der Waals surface area contributed by atoms with Gasteiger partial charge in [0.2, 0.25) is 0 Å². The van der Waals surface area contributed by atoms with Gasteiger partial charge in [0.1, 0.15) is 0 Å². The monoisotopic (exact) mass is 292 g/mol. The summed E-state index contributed by atoms with van der Waals surface area (Å²) in [6.07, 6.45) is 3.97. The molecule has 1 atom stereocenters. The van der Waals surface area contributed by atoms with Gasteiger partial charge in [0, 0.05) is 17.4 Å². The maximum atomic E-state index is 12.6. The van der Waals surface area contributed by atoms with E-state index in [1.807, 2.05) is 12.1 Å². The van der Waals surface area contributed by atoms with Gasteiger partial charge >= 0.3 is 0 Å². The smallest absolute Gasteiger partial charge is 0.164 e. The highest BCUT2D eigenvalue weighted by Gasteiger charge is 2.43. The SMILES string of the molecule is CCCCC1(c2cc(C)cc(C)c2)CC(=O)c2ccccc21. The lowest BCUT2D eigenvalue weighted by molar-refractivity contribution is 0.0977. The Morgan fingerprint density at radius 3 is 2.41 bits per heavy atom. The van der Waals surface area contributed by atoms with Gasteiger partial charge in [-0.2, -0.15) is 0 Å². The van der Waals surface area contributed by atoms with Gasteiger partial charge in [-0.1, -0.05) is 73.4 Å². The van der Waals surface area contributed by atoms with Crippen LogP contribution >= 0.6 is 0 Å². The van der Waals surface area contributed by atoms with Crippen molar-refractivity contribution in [2.75, 3.05) is 0 Å². The molecule has 22 heavy (non-hydrogen) atoms. The first-order valence-electron chi connectivity index (χ1n) is 8.28. The van der Waals surface area contributed by atoms with Crippen molar-refractivity contribution in [3.63, 3.8) is 0 Å². The highest BCUT2D eigenvalue weighted by molar-refractivity contribution is 6.03. The molecule has 2 aromatic rings. The fourth-order valence-corrected chi connectivity index (χ4v) is 3.96. The Kier molecular flexibility index (Phi) is 3.90. The number of carbonyl (C=O) groups excluding carboxylic acids is 1. The van der Waals surface area contributed by atoms with Crippen molar-refractivity contribution < 1.29 is 4.79 Å². The van der Waals surface area contributed by atoms with Crippen LogP contribution in [0.1, 0.15) is 65.2 Å². The third kappa shape index (κ3) is 2.39. The maximum Gasteiger partial charge on any atom is 0.164 e. The van der Waals surface area contributed by atoms with E-state index in [9.17, 15) is 4.79 Å². The van der Waals surface area contributed by atoms with Crippen LogP contribution in [-0.2, 0) is 5.41 Å². The van der Waals surface area contributed by atoms with Crippen molar-refractivity contribution >= 4 is 5.78 Å². The van der Waals surface area contributed by atoms with Crippen molar-refractivity contribution in [2.24, 2.45) is 0 Å². The Bertz CT molecular complexity index is 693. The quantitative estimate of drug-likeness (QED) is 0.740. The van der Waals surface area contributed by atoms with Crippen LogP contribution in [0.25, 0.3) is 0 Å². The summed E-state index contributed by atoms with van der Waals surface area (Å²) in [5.41, 5.74) is 5.92. The number of rotatable bonds is 4. The summed E-state index contributed by atoms with van der Waals surface area (Å²) in [5, 5.41) is 0. The molecule has 3 rings (SSSR count). The number of aryl methyl sites for hydroxylation is 2. The standard InChI is InChI=1S/C21H24O/c1-4-5-10-21(17-12-15(2)11-16(3)13-17)14-20(22)18-8-6-7-9-19(18)21/h6-9,11-13H,4-5,10,14H2,1-3H3. The second-order valence-electron chi connectivity index (χ2n) is 6.71. The van der Waals surface area contributed by atoms with Crippen molar-refractivity contribution in [2.45, 2.75) is 51.9 Å². The highest BCUT2D eigenvalue weighted by atomic mass is 16.1. The number of fused-ring (bicyclic) bond motifs is 1. The second kappa shape index (κ2) is 5.72. The molecule has 0 fully saturated rings. The number of unbranched alkanes of at least 4 members (excludes halogenated alkanes) is 1. The topological polar surface area (TPSA) is 17.1 Å². The van der Waals surface area contributed by atoms with E-state index < -0.39 is 0 Å². The number of carbonyl (C=O) groups is 1. The summed E-state index contributed by atoms with van der Waals surface area (Å²) in [6, 6.07) is 15.0. The third-order valence-corrected chi connectivity index (χ3v) is 4.94. The van der Waals surface area contributed by atoms with Crippen LogP contribution in [0.4, 0.5) is 0 Å². The average Bonchev–Trinajstić information content (AvgIpc) is 2.79. The molecule has 1 unspecified atom stereocenters. The number of hydrogen-bond acceptors (Lipinski definition) is 1. The number of Topliss-reactive ketones (excluding diaryl/α,β-unsaturated/α-hetero) is 1. The number of hydrogen-bond donors (Lipinski definition) is 0. The summed E-state index contributed by atoms with van der Waals surface area (Å²) in [6.45, 7) is 6.51. The molecule has 0 radical (unpaired) electrons. The molecule has 1 aliphatic rings. The van der Waals surface area contributed by atoms with E-state index in [1.54, 1.807) is 0 Å². The van der Waals surface area contributed by atoms with Crippen LogP contribution in [0.15, 0.2) is 42.5 Å². The third-order valence-electron chi connectivity index (χ3n) is 4.94. The van der Waals surface area contributed by atoms with Crippen LogP contribution in [-0.4, -0.2) is 5.78 Å². The molecule has 0 bridgehead atoms. The van der Waals surface area contributed by atoms with Crippen LogP contribution in [0.2, 0.25) is 0 Å². The number of ketones is 1. The fraction of sp³-hybridized carbons (Fsp3) is 0.381. The minimum atomic E-state index is -0.125. The van der Waals surface area contributed by atoms with Gasteiger partial charge in [-0.3, -0.25) is 4.79 Å². The van der Waals surface area contributed by atoms with E-state index in [-0.39, 0.29) is 5.41 Å². The van der Waals surface area contributed by atoms with E-state index in [0.29, 0.717) is 12.2 Å². The van der Waals surface area contributed by atoms with Gasteiger partial charge in [0.25, 0.3) is 0 Å². The van der Waals surface area contributed by atoms with Gasteiger partial charge in [-0.15, -0.1) is 0 Å². The summed E-state index contributed by atoms with van der Waals surface area (Å²) in [4.78, 5) is 12.6. The minimum Gasteiger partial charge on any atom is -0.294 e. The molecule has 114 valence electrons. The zero-order chi connectivity index (χ0) is 15.7. The summed E-state index contributed by atoms with van der Waals surface area (Å²) in [7, 11) is 0. The lowest BCUT2D eigenvalue weighted by Crippen LogP contribution is -2.25. The lowest BCUT2D eigenvalue weighted by atomic mass is 9.71. The van der Waals surface area contributed by atoms with Gasteiger partial charge in [0.15, 0.2) is 5.78 Å². The molecule has 0 aliphatic heterocycles. The fourth-order valence-electron chi connectivity index (χ4n) is 3.96. The normalized spacial score (nSPS) is 20.2. The first-order valence-corrected chi connectivity index (χ1v) is 8.28. The van der Waals surface area contributed by atoms with Crippen molar-refractivity contribution in [3.8, 4) is 0 Å². The minimum absolute atomic E-state index is 0.125. The average molecular weight is 292 g/mol. The molecule has 1 aliphatic carbocycles. The lowest BCUT2D eigenvalue weighted by Gasteiger charge is -2.31. The van der Waals surface area contributed by atoms with Crippen LogP contribution in [0.3, 0.4) is 0 Å². The molecule has 2 aromatic carbocycles. The summed E-state index contributed by atoms with van der Waals surface area (Å²) in [5.74, 6) is 0.297. The first-order chi connectivity index (χ1) is 10.6. The van der Waals surface area contributed by atoms with E-state index in [2.05, 4.69) is 51.1 Å². The Labute approximate surface area is 133 Å². The van der Waals surface area contributed by atoms with Gasteiger partial charge in [0.05, 0.1) is 0 Å². The molecule has 1 heteroatoms. The van der Waals surface area contributed by atoms with Gasteiger partial charge < -0.3 is 0 Å². The summed E-state index contributed by atoms with van der Waals surface area (Å²) >= 11 is 0. The van der Waals surface area contributed by atoms with Gasteiger partial charge in [-0.25, -0.2) is 0 Å². The van der Waals surface area contributed by atoms with E-state index in [0.717, 1.165) is 24.8 Å². The van der Waals surface area contributed by atoms with E-state index in [4.69, 9.17) is 0 Å². The van der Waals surface area contributed by atoms with E-state index in [1.165, 1.54) is 22.3 Å². The van der Waals surface area contributed by atoms with Crippen molar-refractivity contribution in [3.05, 3.63) is 70.3 Å². The van der Waals surface area contributed by atoms with Crippen LogP contribution in [0.5, 0.6) is 0 Å². The zero-order valence-corrected chi connectivity index (χ0v) is 13.8. The predicted octanol–water partition coefficient (Wildman–Crippen LogP) is 5.37. The Morgan fingerprint density at radius 2 is 1.73 bits per heavy atom. The largest absolute Gasteiger partial charge is 0.294 e. The molecule has 0 amide bonds. The molecular formula is C21H24O. The predicted molar refractivity (Wildman–Crippen MR) is 91.6 cm³/mol. The molecule has 0 N–H and O–H groups in total. The zero-order valence-electron chi connectivity index (χ0n) is 13.8.